The summed E-state index contributed by atoms with van der Waals surface area (Å²) < 4.78 is 1.45. The van der Waals surface area contributed by atoms with Crippen molar-refractivity contribution in [2.24, 2.45) is 18.5 Å². The molecule has 0 radical (unpaired) electrons. The van der Waals surface area contributed by atoms with Crippen molar-refractivity contribution in [1.82, 2.24) is 35.3 Å². The van der Waals surface area contributed by atoms with Crippen LogP contribution in [-0.2, 0) is 21.4 Å². The van der Waals surface area contributed by atoms with Gasteiger partial charge in [0.15, 0.2) is 5.96 Å². The molecule has 1 fully saturated rings. The Kier molecular flexibility index (Phi) is 7.35. The summed E-state index contributed by atoms with van der Waals surface area (Å²) in [6.07, 6.45) is 0. The Morgan fingerprint density at radius 2 is 2.03 bits per heavy atom. The van der Waals surface area contributed by atoms with E-state index in [9.17, 15) is 24.3 Å². The summed E-state index contributed by atoms with van der Waals surface area (Å²) in [7, 11) is 1.65. The molecule has 0 bridgehead atoms. The standard InChI is InChI=1S/C20H22N10O5S2/c1-28-20(25-26-27-28)37-8-10-7-36-16-11(15(32)29(16)13(10)17(33)34)24-14(31)12(9-5-3-2-4-6-9)30(18(21)22)19(23)35/h2-6,11-12,16H,7-8H2,1H3,(H3,21,22)(H2,23,35)(H,24,31)(H,33,34)/t11?,12?,16-/m0/s1. The fraction of sp³-hybridized carbons (Fsp3) is 0.300. The van der Waals surface area contributed by atoms with Crippen molar-refractivity contribution >= 4 is 53.3 Å². The molecule has 2 aliphatic heterocycles. The Bertz CT molecular complexity index is 1290. The van der Waals surface area contributed by atoms with Crippen molar-refractivity contribution in [2.75, 3.05) is 11.5 Å². The Hall–Kier alpha value is -4.12. The van der Waals surface area contributed by atoms with Crippen LogP contribution in [0, 0.1) is 5.41 Å². The van der Waals surface area contributed by atoms with Crippen LogP contribution in [0.5, 0.6) is 0 Å². The van der Waals surface area contributed by atoms with Crippen molar-refractivity contribution in [3.63, 3.8) is 0 Å². The topological polar surface area (TPSA) is 227 Å². The van der Waals surface area contributed by atoms with Gasteiger partial charge in [0.2, 0.25) is 11.1 Å². The molecular weight excluding hydrogens is 524 g/mol. The molecule has 37 heavy (non-hydrogen) atoms. The number of hydrogen-bond donors (Lipinski definition) is 5. The predicted octanol–water partition coefficient (Wildman–Crippen LogP) is -0.944. The largest absolute Gasteiger partial charge is 0.477 e. The number of urea groups is 1. The molecule has 2 aromatic rings. The smallest absolute Gasteiger partial charge is 0.352 e. The van der Waals surface area contributed by atoms with E-state index >= 15 is 0 Å². The molecule has 4 amide bonds. The van der Waals surface area contributed by atoms with Gasteiger partial charge in [-0.05, 0) is 21.6 Å². The maximum atomic E-state index is 13.3. The molecule has 1 saturated heterocycles. The quantitative estimate of drug-likeness (QED) is 0.117. The van der Waals surface area contributed by atoms with Gasteiger partial charge < -0.3 is 21.9 Å². The molecule has 2 aliphatic rings. The van der Waals surface area contributed by atoms with Crippen molar-refractivity contribution < 1.29 is 24.3 Å². The number of carbonyl (C=O) groups is 4. The highest BCUT2D eigenvalue weighted by molar-refractivity contribution is 8.01. The number of carbonyl (C=O) groups excluding carboxylic acids is 3. The van der Waals surface area contributed by atoms with Crippen LogP contribution < -0.4 is 16.8 Å². The van der Waals surface area contributed by atoms with Crippen molar-refractivity contribution in [1.29, 1.82) is 5.41 Å². The van der Waals surface area contributed by atoms with Crippen LogP contribution in [0.15, 0.2) is 46.8 Å². The normalized spacial score (nSPS) is 19.5. The number of carboxylic acids is 1. The first-order chi connectivity index (χ1) is 17.6. The number of nitrogens with two attached hydrogens (primary N) is 2. The highest BCUT2D eigenvalue weighted by atomic mass is 32.2. The van der Waals surface area contributed by atoms with E-state index in [0.29, 0.717) is 26.9 Å². The molecule has 0 aliphatic carbocycles. The number of tetrazole rings is 1. The van der Waals surface area contributed by atoms with Gasteiger partial charge in [-0.3, -0.25) is 19.9 Å². The Morgan fingerprint density at radius 1 is 1.32 bits per heavy atom. The van der Waals surface area contributed by atoms with Crippen LogP contribution in [0.3, 0.4) is 0 Å². The van der Waals surface area contributed by atoms with Crippen LogP contribution in [-0.4, -0.2) is 87.8 Å². The van der Waals surface area contributed by atoms with E-state index in [2.05, 4.69) is 20.8 Å². The Labute approximate surface area is 218 Å². The minimum absolute atomic E-state index is 0.149. The van der Waals surface area contributed by atoms with Crippen LogP contribution in [0.4, 0.5) is 4.79 Å². The van der Waals surface area contributed by atoms with Gasteiger partial charge in [-0.2, -0.15) is 0 Å². The third-order valence-corrected chi connectivity index (χ3v) is 8.06. The number of aromatic nitrogens is 4. The number of hydrogen-bond acceptors (Lipinski definition) is 10. The number of aliphatic carboxylic acids is 1. The molecule has 3 atom stereocenters. The SMILES string of the molecule is Cn1nnnc1SCC1=C(C(=O)O)N2C(=O)C(NC(=O)C(c3ccccc3)N(C(=N)N)C(N)=O)[C@@H]2SC1. The van der Waals surface area contributed by atoms with Crippen LogP contribution in [0.25, 0.3) is 0 Å². The summed E-state index contributed by atoms with van der Waals surface area (Å²) in [4.78, 5) is 52.2. The molecule has 4 rings (SSSR count). The van der Waals surface area contributed by atoms with Gasteiger partial charge in [0.05, 0.1) is 0 Å². The second-order valence-corrected chi connectivity index (χ2v) is 9.98. The van der Waals surface area contributed by atoms with E-state index < -0.39 is 47.2 Å². The number of amides is 4. The lowest BCUT2D eigenvalue weighted by atomic mass is 10.0. The number of fused-ring (bicyclic) bond motifs is 1. The third-order valence-electron chi connectivity index (χ3n) is 5.62. The number of benzene rings is 1. The summed E-state index contributed by atoms with van der Waals surface area (Å²) in [5.74, 6) is -2.89. The molecule has 194 valence electrons. The van der Waals surface area contributed by atoms with Gasteiger partial charge in [-0.1, -0.05) is 42.1 Å². The van der Waals surface area contributed by atoms with Gasteiger partial charge in [-0.15, -0.1) is 16.9 Å². The molecule has 1 aromatic heterocycles. The lowest BCUT2D eigenvalue weighted by Gasteiger charge is -2.49. The summed E-state index contributed by atoms with van der Waals surface area (Å²) in [6.45, 7) is 0. The van der Waals surface area contributed by atoms with Crippen LogP contribution in [0.1, 0.15) is 11.6 Å². The first kappa shape index (κ1) is 26.0. The lowest BCUT2D eigenvalue weighted by Crippen LogP contribution is -2.71. The summed E-state index contributed by atoms with van der Waals surface area (Å²) in [5.41, 5.74) is 11.6. The predicted molar refractivity (Wildman–Crippen MR) is 132 cm³/mol. The van der Waals surface area contributed by atoms with E-state index in [-0.39, 0.29) is 11.4 Å². The van der Waals surface area contributed by atoms with Gasteiger partial charge in [0, 0.05) is 18.6 Å². The molecule has 17 heteroatoms. The van der Waals surface area contributed by atoms with E-state index in [0.717, 1.165) is 4.90 Å². The average Bonchev–Trinajstić information content (AvgIpc) is 3.27. The van der Waals surface area contributed by atoms with Crippen LogP contribution >= 0.6 is 23.5 Å². The summed E-state index contributed by atoms with van der Waals surface area (Å²) in [6, 6.07) is 4.46. The van der Waals surface area contributed by atoms with E-state index in [1.165, 1.54) is 28.2 Å². The van der Waals surface area contributed by atoms with E-state index in [1.807, 2.05) is 0 Å². The first-order valence-electron chi connectivity index (χ1n) is 10.6. The Morgan fingerprint density at radius 3 is 2.59 bits per heavy atom. The second kappa shape index (κ2) is 10.5. The number of nitrogens with one attached hydrogen (secondary N) is 2. The monoisotopic (exact) mass is 546 g/mol. The molecule has 1 aromatic carbocycles. The fourth-order valence-electron chi connectivity index (χ4n) is 3.96. The second-order valence-electron chi connectivity index (χ2n) is 7.93. The van der Waals surface area contributed by atoms with E-state index in [1.54, 1.807) is 37.4 Å². The molecule has 3 heterocycles. The summed E-state index contributed by atoms with van der Waals surface area (Å²) >= 11 is 2.53. The zero-order chi connectivity index (χ0) is 26.9. The number of rotatable bonds is 8. The molecule has 7 N–H and O–H groups in total. The number of nitrogens with zero attached hydrogens (tertiary/aromatic N) is 6. The molecule has 15 nitrogen and oxygen atoms in total. The van der Waals surface area contributed by atoms with Gasteiger partial charge in [-0.25, -0.2) is 19.2 Å². The maximum absolute atomic E-state index is 13.3. The fourth-order valence-corrected chi connectivity index (χ4v) is 6.29. The number of carboxylic acid groups (broad SMARTS) is 1. The minimum Gasteiger partial charge on any atom is -0.477 e. The third kappa shape index (κ3) is 4.94. The number of guanidine groups is 1. The first-order valence-corrected chi connectivity index (χ1v) is 12.7. The van der Waals surface area contributed by atoms with E-state index in [4.69, 9.17) is 16.9 Å². The number of β-lactam (4-membered cyclic amide) rings is 1. The minimum atomic E-state index is -1.41. The highest BCUT2D eigenvalue weighted by Crippen LogP contribution is 2.41. The van der Waals surface area contributed by atoms with Crippen molar-refractivity contribution in [3.05, 3.63) is 47.2 Å². The van der Waals surface area contributed by atoms with Crippen molar-refractivity contribution in [2.45, 2.75) is 22.6 Å². The Balaban J connectivity index is 1.55. The zero-order valence-corrected chi connectivity index (χ0v) is 20.9. The number of aryl methyl sites for hydroxylation is 1. The molecule has 0 saturated carbocycles. The summed E-state index contributed by atoms with van der Waals surface area (Å²) in [5, 5.41) is 31.1. The number of primary amides is 1. The molecule has 2 unspecified atom stereocenters. The van der Waals surface area contributed by atoms with Crippen molar-refractivity contribution in [3.8, 4) is 0 Å². The number of thioether (sulfide) groups is 2. The van der Waals surface area contributed by atoms with Gasteiger partial charge >= 0.3 is 12.0 Å². The molecular formula is C20H22N10O5S2. The maximum Gasteiger partial charge on any atom is 0.352 e. The van der Waals surface area contributed by atoms with Crippen LogP contribution in [0.2, 0.25) is 0 Å². The van der Waals surface area contributed by atoms with Gasteiger partial charge in [0.1, 0.15) is 23.2 Å². The highest BCUT2D eigenvalue weighted by Gasteiger charge is 2.54. The zero-order valence-electron chi connectivity index (χ0n) is 19.3. The molecule has 0 spiro atoms. The average molecular weight is 547 g/mol. The lowest BCUT2D eigenvalue weighted by molar-refractivity contribution is -0.151. The van der Waals surface area contributed by atoms with Gasteiger partial charge in [0.25, 0.3) is 5.91 Å².